The van der Waals surface area contributed by atoms with Gasteiger partial charge in [0.15, 0.2) is 0 Å². The Bertz CT molecular complexity index is 388. The summed E-state index contributed by atoms with van der Waals surface area (Å²) in [4.78, 5) is 24.8. The van der Waals surface area contributed by atoms with Gasteiger partial charge in [-0.1, -0.05) is 0 Å². The highest BCUT2D eigenvalue weighted by molar-refractivity contribution is 5.85. The molecular weight excluding hydrogens is 220 g/mol. The number of rotatable bonds is 3. The molecule has 2 rings (SSSR count). The summed E-state index contributed by atoms with van der Waals surface area (Å²) < 4.78 is 1.72. The van der Waals surface area contributed by atoms with Gasteiger partial charge in [0.1, 0.15) is 0 Å². The van der Waals surface area contributed by atoms with Crippen LogP contribution in [0, 0.1) is 0 Å². The lowest BCUT2D eigenvalue weighted by Crippen LogP contribution is -2.37. The second kappa shape index (κ2) is 5.47. The minimum absolute atomic E-state index is 0.0116. The molecule has 0 aromatic carbocycles. The Hall–Kier alpha value is -1.85. The van der Waals surface area contributed by atoms with Crippen molar-refractivity contribution in [2.75, 3.05) is 19.6 Å². The lowest BCUT2D eigenvalue weighted by atomic mass is 10.3. The minimum Gasteiger partial charge on any atom is -0.354 e. The van der Waals surface area contributed by atoms with E-state index in [1.807, 2.05) is 12.3 Å². The average Bonchev–Trinajstić information content (AvgIpc) is 2.74. The third-order valence-electron chi connectivity index (χ3n) is 2.73. The van der Waals surface area contributed by atoms with Gasteiger partial charge in [-0.25, -0.2) is 0 Å². The maximum atomic E-state index is 11.9. The van der Waals surface area contributed by atoms with Crippen LogP contribution in [0.25, 0.3) is 0 Å². The summed E-state index contributed by atoms with van der Waals surface area (Å²) >= 11 is 0. The number of carbonyl (C=O) groups excluding carboxylic acids is 2. The smallest absolute Gasteiger partial charge is 0.239 e. The summed E-state index contributed by atoms with van der Waals surface area (Å²) in [7, 11) is 0. The van der Waals surface area contributed by atoms with E-state index < -0.39 is 0 Å². The fourth-order valence-corrected chi connectivity index (χ4v) is 1.82. The van der Waals surface area contributed by atoms with Gasteiger partial charge in [-0.15, -0.1) is 0 Å². The van der Waals surface area contributed by atoms with Crippen molar-refractivity contribution in [2.45, 2.75) is 19.4 Å². The first kappa shape index (κ1) is 11.6. The summed E-state index contributed by atoms with van der Waals surface area (Å²) in [6, 6.07) is 1.82. The highest BCUT2D eigenvalue weighted by atomic mass is 16.2. The molecule has 2 amide bonds. The van der Waals surface area contributed by atoms with Crippen molar-refractivity contribution in [2.24, 2.45) is 0 Å². The van der Waals surface area contributed by atoms with Crippen LogP contribution in [-0.4, -0.2) is 46.1 Å². The van der Waals surface area contributed by atoms with E-state index in [0.29, 0.717) is 26.1 Å². The molecule has 1 aromatic rings. The van der Waals surface area contributed by atoms with Crippen LogP contribution in [0.4, 0.5) is 0 Å². The standard InChI is InChI=1S/C11H16N4O2/c16-10-9-14(6-1-4-12-10)11(17)3-8-15-7-2-5-13-15/h2,5,7H,1,3-4,6,8-9H2,(H,12,16). The number of amides is 2. The first-order chi connectivity index (χ1) is 8.25. The molecule has 1 aliphatic rings. The van der Waals surface area contributed by atoms with Crippen molar-refractivity contribution in [3.8, 4) is 0 Å². The van der Waals surface area contributed by atoms with Gasteiger partial charge in [-0.3, -0.25) is 14.3 Å². The maximum absolute atomic E-state index is 11.9. The second-order valence-electron chi connectivity index (χ2n) is 4.04. The van der Waals surface area contributed by atoms with Gasteiger partial charge in [0.2, 0.25) is 11.8 Å². The topological polar surface area (TPSA) is 67.2 Å². The van der Waals surface area contributed by atoms with Gasteiger partial charge >= 0.3 is 0 Å². The van der Waals surface area contributed by atoms with Crippen molar-refractivity contribution in [1.82, 2.24) is 20.0 Å². The number of carbonyl (C=O) groups is 2. The molecule has 0 aliphatic carbocycles. The number of hydrogen-bond donors (Lipinski definition) is 1. The molecule has 1 N–H and O–H groups in total. The van der Waals surface area contributed by atoms with Gasteiger partial charge in [-0.2, -0.15) is 5.10 Å². The van der Waals surface area contributed by atoms with Gasteiger partial charge in [0.05, 0.1) is 6.54 Å². The number of nitrogens with one attached hydrogen (secondary N) is 1. The molecule has 6 heteroatoms. The lowest BCUT2D eigenvalue weighted by Gasteiger charge is -2.18. The van der Waals surface area contributed by atoms with E-state index >= 15 is 0 Å². The van der Waals surface area contributed by atoms with Crippen molar-refractivity contribution in [3.63, 3.8) is 0 Å². The number of hydrogen-bond acceptors (Lipinski definition) is 3. The first-order valence-electron chi connectivity index (χ1n) is 5.77. The SMILES string of the molecule is O=C1CN(C(=O)CCn2cccn2)CCCN1. The quantitative estimate of drug-likeness (QED) is 0.778. The molecule has 0 radical (unpaired) electrons. The van der Waals surface area contributed by atoms with Crippen LogP contribution in [0.5, 0.6) is 0 Å². The van der Waals surface area contributed by atoms with Gasteiger partial charge < -0.3 is 10.2 Å². The summed E-state index contributed by atoms with van der Waals surface area (Å²) in [5, 5.41) is 6.78. The number of nitrogens with zero attached hydrogens (tertiary/aromatic N) is 3. The molecule has 0 unspecified atom stereocenters. The van der Waals surface area contributed by atoms with Crippen molar-refractivity contribution >= 4 is 11.8 Å². The Morgan fingerprint density at radius 3 is 3.18 bits per heavy atom. The summed E-state index contributed by atoms with van der Waals surface area (Å²) in [6.07, 6.45) is 4.71. The molecule has 17 heavy (non-hydrogen) atoms. The zero-order valence-electron chi connectivity index (χ0n) is 9.63. The molecule has 0 spiro atoms. The fourth-order valence-electron chi connectivity index (χ4n) is 1.82. The molecule has 92 valence electrons. The molecule has 0 saturated carbocycles. The van der Waals surface area contributed by atoms with E-state index in [-0.39, 0.29) is 18.4 Å². The van der Waals surface area contributed by atoms with Gasteiger partial charge in [-0.05, 0) is 12.5 Å². The van der Waals surface area contributed by atoms with Crippen LogP contribution in [0.3, 0.4) is 0 Å². The largest absolute Gasteiger partial charge is 0.354 e. The van der Waals surface area contributed by atoms with E-state index in [9.17, 15) is 9.59 Å². The van der Waals surface area contributed by atoms with Gasteiger partial charge in [0, 0.05) is 38.4 Å². The van der Waals surface area contributed by atoms with E-state index in [1.54, 1.807) is 15.8 Å². The Morgan fingerprint density at radius 1 is 1.53 bits per heavy atom. The van der Waals surface area contributed by atoms with Crippen LogP contribution >= 0.6 is 0 Å². The highest BCUT2D eigenvalue weighted by Crippen LogP contribution is 2.01. The monoisotopic (exact) mass is 236 g/mol. The Morgan fingerprint density at radius 2 is 2.41 bits per heavy atom. The zero-order valence-corrected chi connectivity index (χ0v) is 9.63. The van der Waals surface area contributed by atoms with E-state index in [4.69, 9.17) is 0 Å². The number of aryl methyl sites for hydroxylation is 1. The summed E-state index contributed by atoms with van der Waals surface area (Å²) in [6.45, 7) is 2.04. The fraction of sp³-hybridized carbons (Fsp3) is 0.545. The predicted molar refractivity (Wildman–Crippen MR) is 61.1 cm³/mol. The third kappa shape index (κ3) is 3.30. The lowest BCUT2D eigenvalue weighted by molar-refractivity contribution is -0.135. The first-order valence-corrected chi connectivity index (χ1v) is 5.77. The molecule has 2 heterocycles. The van der Waals surface area contributed by atoms with E-state index in [1.165, 1.54) is 0 Å². The van der Waals surface area contributed by atoms with Crippen LogP contribution < -0.4 is 5.32 Å². The predicted octanol–water partition coefficient (Wildman–Crippen LogP) is -0.378. The normalized spacial score (nSPS) is 16.5. The molecular formula is C11H16N4O2. The Labute approximate surface area is 99.6 Å². The molecule has 1 aliphatic heterocycles. The highest BCUT2D eigenvalue weighted by Gasteiger charge is 2.19. The Balaban J connectivity index is 1.84. The zero-order chi connectivity index (χ0) is 12.1. The van der Waals surface area contributed by atoms with Crippen LogP contribution in [0.1, 0.15) is 12.8 Å². The molecule has 1 saturated heterocycles. The van der Waals surface area contributed by atoms with Crippen LogP contribution in [0.15, 0.2) is 18.5 Å². The molecule has 0 atom stereocenters. The summed E-state index contributed by atoms with van der Waals surface area (Å²) in [5.74, 6) is -0.0625. The second-order valence-corrected chi connectivity index (χ2v) is 4.04. The molecule has 0 bridgehead atoms. The minimum atomic E-state index is -0.0741. The van der Waals surface area contributed by atoms with Crippen LogP contribution in [0.2, 0.25) is 0 Å². The summed E-state index contributed by atoms with van der Waals surface area (Å²) in [5.41, 5.74) is 0. The van der Waals surface area contributed by atoms with E-state index in [0.717, 1.165) is 6.42 Å². The number of aromatic nitrogens is 2. The molecule has 1 fully saturated rings. The molecule has 1 aromatic heterocycles. The Kier molecular flexibility index (Phi) is 3.74. The van der Waals surface area contributed by atoms with Crippen molar-refractivity contribution < 1.29 is 9.59 Å². The van der Waals surface area contributed by atoms with E-state index in [2.05, 4.69) is 10.4 Å². The van der Waals surface area contributed by atoms with Gasteiger partial charge in [0.25, 0.3) is 0 Å². The van der Waals surface area contributed by atoms with Crippen LogP contribution in [-0.2, 0) is 16.1 Å². The van der Waals surface area contributed by atoms with Crippen molar-refractivity contribution in [3.05, 3.63) is 18.5 Å². The molecule has 6 nitrogen and oxygen atoms in total. The average molecular weight is 236 g/mol. The van der Waals surface area contributed by atoms with Crippen molar-refractivity contribution in [1.29, 1.82) is 0 Å². The third-order valence-corrected chi connectivity index (χ3v) is 2.73. The maximum Gasteiger partial charge on any atom is 0.239 e.